The van der Waals surface area contributed by atoms with Crippen molar-refractivity contribution in [3.05, 3.63) is 29.3 Å². The van der Waals surface area contributed by atoms with Crippen LogP contribution in [0.5, 0.6) is 0 Å². The fourth-order valence-corrected chi connectivity index (χ4v) is 3.86. The first kappa shape index (κ1) is 20.1. The maximum atomic E-state index is 12.2. The summed E-state index contributed by atoms with van der Waals surface area (Å²) >= 11 is 1.56. The normalized spacial score (nSPS) is 14.2. The molecule has 1 aliphatic rings. The van der Waals surface area contributed by atoms with Crippen molar-refractivity contribution in [2.75, 3.05) is 39.4 Å². The highest BCUT2D eigenvalue weighted by molar-refractivity contribution is 7.18. The molecule has 28 heavy (non-hydrogen) atoms. The first-order valence-corrected chi connectivity index (χ1v) is 10.1. The molecule has 0 aliphatic carbocycles. The Balaban J connectivity index is 1.37. The second kappa shape index (κ2) is 9.50. The minimum Gasteiger partial charge on any atom is -0.456 e. The van der Waals surface area contributed by atoms with Crippen LogP contribution < -0.4 is 0 Å². The first-order chi connectivity index (χ1) is 13.6. The van der Waals surface area contributed by atoms with Gasteiger partial charge >= 0.3 is 12.1 Å². The second-order valence-electron chi connectivity index (χ2n) is 6.30. The Labute approximate surface area is 167 Å². The van der Waals surface area contributed by atoms with E-state index in [1.807, 2.05) is 24.3 Å². The summed E-state index contributed by atoms with van der Waals surface area (Å²) in [5.74, 6) is -0.672. The lowest BCUT2D eigenvalue weighted by Gasteiger charge is -2.33. The average molecular weight is 405 g/mol. The van der Waals surface area contributed by atoms with Crippen LogP contribution in [-0.4, -0.2) is 72.1 Å². The molecular formula is C19H23N3O5S. The number of carbonyl (C=O) groups is 3. The fourth-order valence-electron chi connectivity index (χ4n) is 2.89. The highest BCUT2D eigenvalue weighted by Gasteiger charge is 2.25. The number of para-hydroxylation sites is 1. The third-order valence-corrected chi connectivity index (χ3v) is 5.49. The van der Waals surface area contributed by atoms with E-state index in [-0.39, 0.29) is 25.0 Å². The van der Waals surface area contributed by atoms with Crippen LogP contribution >= 0.6 is 11.3 Å². The van der Waals surface area contributed by atoms with E-state index in [9.17, 15) is 14.4 Å². The summed E-state index contributed by atoms with van der Waals surface area (Å²) in [6, 6.07) is 7.82. The van der Waals surface area contributed by atoms with Gasteiger partial charge in [0.15, 0.2) is 6.61 Å². The lowest BCUT2D eigenvalue weighted by molar-refractivity contribution is -0.152. The third-order valence-electron chi connectivity index (χ3n) is 4.40. The van der Waals surface area contributed by atoms with Crippen LogP contribution in [0.4, 0.5) is 4.79 Å². The number of hydrogen-bond acceptors (Lipinski definition) is 7. The zero-order valence-corrected chi connectivity index (χ0v) is 16.6. The van der Waals surface area contributed by atoms with Gasteiger partial charge in [-0.3, -0.25) is 9.59 Å². The van der Waals surface area contributed by atoms with Gasteiger partial charge in [0.1, 0.15) is 0 Å². The topological polar surface area (TPSA) is 89.0 Å². The molecule has 2 aromatic rings. The van der Waals surface area contributed by atoms with Crippen molar-refractivity contribution >= 4 is 39.5 Å². The summed E-state index contributed by atoms with van der Waals surface area (Å²) in [4.78, 5) is 43.5. The van der Waals surface area contributed by atoms with Crippen molar-refractivity contribution in [2.45, 2.75) is 19.8 Å². The number of fused-ring (bicyclic) bond motifs is 1. The number of piperazine rings is 1. The molecule has 2 amide bonds. The van der Waals surface area contributed by atoms with Crippen molar-refractivity contribution in [3.63, 3.8) is 0 Å². The number of ether oxygens (including phenoxy) is 2. The van der Waals surface area contributed by atoms with Gasteiger partial charge in [0, 0.05) is 32.6 Å². The molecular weight excluding hydrogens is 382 g/mol. The van der Waals surface area contributed by atoms with Crippen LogP contribution in [0.1, 0.15) is 18.4 Å². The highest BCUT2D eigenvalue weighted by atomic mass is 32.1. The van der Waals surface area contributed by atoms with Crippen molar-refractivity contribution in [1.82, 2.24) is 14.8 Å². The largest absolute Gasteiger partial charge is 0.456 e. The predicted molar refractivity (Wildman–Crippen MR) is 104 cm³/mol. The van der Waals surface area contributed by atoms with Crippen molar-refractivity contribution in [1.29, 1.82) is 0 Å². The van der Waals surface area contributed by atoms with Crippen LogP contribution in [0, 0.1) is 0 Å². The Morgan fingerprint density at radius 3 is 2.50 bits per heavy atom. The monoisotopic (exact) mass is 405 g/mol. The first-order valence-electron chi connectivity index (χ1n) is 9.26. The van der Waals surface area contributed by atoms with Crippen LogP contribution in [0.15, 0.2) is 24.3 Å². The van der Waals surface area contributed by atoms with Crippen molar-refractivity contribution < 1.29 is 23.9 Å². The van der Waals surface area contributed by atoms with Gasteiger partial charge < -0.3 is 19.3 Å². The number of hydrogen-bond donors (Lipinski definition) is 0. The number of aromatic nitrogens is 1. The summed E-state index contributed by atoms with van der Waals surface area (Å²) in [5.41, 5.74) is 0.924. The van der Waals surface area contributed by atoms with E-state index in [2.05, 4.69) is 4.98 Å². The van der Waals surface area contributed by atoms with Gasteiger partial charge in [-0.2, -0.15) is 0 Å². The fraction of sp³-hybridized carbons (Fsp3) is 0.474. The van der Waals surface area contributed by atoms with Crippen LogP contribution in [0.2, 0.25) is 0 Å². The van der Waals surface area contributed by atoms with Gasteiger partial charge in [0.05, 0.1) is 28.3 Å². The van der Waals surface area contributed by atoms with Gasteiger partial charge in [0.2, 0.25) is 0 Å². The quantitative estimate of drug-likeness (QED) is 0.684. The maximum Gasteiger partial charge on any atom is 0.409 e. The standard InChI is InChI=1S/C19H23N3O5S/c1-2-26-19(25)22-11-9-21(10-12-22)17(23)13-27-18(24)8-7-16-20-14-5-3-4-6-15(14)28-16/h3-6H,2,7-13H2,1H3. The third kappa shape index (κ3) is 5.19. The van der Waals surface area contributed by atoms with Crippen LogP contribution in [0.25, 0.3) is 10.2 Å². The Morgan fingerprint density at radius 1 is 1.07 bits per heavy atom. The summed E-state index contributed by atoms with van der Waals surface area (Å²) in [6.07, 6.45) is 0.310. The number of carbonyl (C=O) groups excluding carboxylic acids is 3. The molecule has 9 heteroatoms. The molecule has 1 aromatic heterocycles. The summed E-state index contributed by atoms with van der Waals surface area (Å²) in [5, 5.41) is 0.875. The summed E-state index contributed by atoms with van der Waals surface area (Å²) in [7, 11) is 0. The van der Waals surface area contributed by atoms with E-state index in [1.165, 1.54) is 0 Å². The van der Waals surface area contributed by atoms with Gasteiger partial charge in [-0.1, -0.05) is 12.1 Å². The molecule has 0 radical (unpaired) electrons. The van der Waals surface area contributed by atoms with E-state index in [1.54, 1.807) is 28.1 Å². The summed E-state index contributed by atoms with van der Waals surface area (Å²) < 4.78 is 11.1. The van der Waals surface area contributed by atoms with E-state index < -0.39 is 5.97 Å². The average Bonchev–Trinajstić information content (AvgIpc) is 3.14. The molecule has 1 aliphatic heterocycles. The molecule has 2 heterocycles. The molecule has 3 rings (SSSR count). The minimum atomic E-state index is -0.419. The van der Waals surface area contributed by atoms with Crippen LogP contribution in [0.3, 0.4) is 0 Å². The van der Waals surface area contributed by atoms with Gasteiger partial charge in [-0.05, 0) is 19.1 Å². The Kier molecular flexibility index (Phi) is 6.80. The van der Waals surface area contributed by atoms with Crippen molar-refractivity contribution in [3.8, 4) is 0 Å². The Morgan fingerprint density at radius 2 is 1.79 bits per heavy atom. The van der Waals surface area contributed by atoms with Gasteiger partial charge in [-0.15, -0.1) is 11.3 Å². The molecule has 150 valence electrons. The number of aryl methyl sites for hydroxylation is 1. The molecule has 0 saturated carbocycles. The molecule has 0 atom stereocenters. The Bertz CT molecular complexity index is 812. The number of benzene rings is 1. The molecule has 1 fully saturated rings. The maximum absolute atomic E-state index is 12.2. The lowest BCUT2D eigenvalue weighted by atomic mass is 10.3. The molecule has 1 saturated heterocycles. The predicted octanol–water partition coefficient (Wildman–Crippen LogP) is 2.07. The van der Waals surface area contributed by atoms with Crippen molar-refractivity contribution in [2.24, 2.45) is 0 Å². The number of nitrogens with zero attached hydrogens (tertiary/aromatic N) is 3. The molecule has 0 spiro atoms. The number of amides is 2. The molecule has 0 unspecified atom stereocenters. The van der Waals surface area contributed by atoms with Gasteiger partial charge in [-0.25, -0.2) is 9.78 Å². The summed E-state index contributed by atoms with van der Waals surface area (Å²) in [6.45, 7) is 3.43. The Hall–Kier alpha value is -2.68. The molecule has 0 bridgehead atoms. The number of rotatable bonds is 6. The minimum absolute atomic E-state index is 0.184. The lowest BCUT2D eigenvalue weighted by Crippen LogP contribution is -2.51. The molecule has 8 nitrogen and oxygen atoms in total. The highest BCUT2D eigenvalue weighted by Crippen LogP contribution is 2.22. The van der Waals surface area contributed by atoms with E-state index in [0.717, 1.165) is 15.2 Å². The number of esters is 1. The van der Waals surface area contributed by atoms with E-state index in [0.29, 0.717) is 39.2 Å². The number of thiazole rings is 1. The SMILES string of the molecule is CCOC(=O)N1CCN(C(=O)COC(=O)CCc2nc3ccccc3s2)CC1. The second-order valence-corrected chi connectivity index (χ2v) is 7.42. The zero-order valence-electron chi connectivity index (χ0n) is 15.8. The van der Waals surface area contributed by atoms with E-state index in [4.69, 9.17) is 9.47 Å². The van der Waals surface area contributed by atoms with Crippen LogP contribution in [-0.2, 0) is 25.5 Å². The zero-order chi connectivity index (χ0) is 19.9. The molecule has 1 aromatic carbocycles. The molecule has 0 N–H and O–H groups in total. The van der Waals surface area contributed by atoms with Gasteiger partial charge in [0.25, 0.3) is 5.91 Å². The van der Waals surface area contributed by atoms with E-state index >= 15 is 0 Å². The smallest absolute Gasteiger partial charge is 0.409 e.